The Labute approximate surface area is 122 Å². The molecule has 0 saturated carbocycles. The Morgan fingerprint density at radius 2 is 2.11 bits per heavy atom. The van der Waals surface area contributed by atoms with Crippen LogP contribution in [0.3, 0.4) is 0 Å². The second-order valence-corrected chi connectivity index (χ2v) is 4.80. The molecule has 0 aliphatic heterocycles. The number of hydrogen-bond donors (Lipinski definition) is 3. The molecule has 2 rings (SSSR count). The van der Waals surface area contributed by atoms with Crippen LogP contribution in [0.25, 0.3) is 0 Å². The number of aromatic nitrogens is 2. The van der Waals surface area contributed by atoms with Gasteiger partial charge in [0.05, 0.1) is 18.1 Å². The van der Waals surface area contributed by atoms with Crippen LogP contribution in [0.2, 0.25) is 5.02 Å². The van der Waals surface area contributed by atoms with E-state index >= 15 is 0 Å². The monoisotopic (exact) mass is 341 g/mol. The van der Waals surface area contributed by atoms with Gasteiger partial charge in [0.2, 0.25) is 0 Å². The number of nitrogens with zero attached hydrogens (tertiary/aromatic N) is 2. The third kappa shape index (κ3) is 3.40. The van der Waals surface area contributed by atoms with Crippen molar-refractivity contribution in [2.45, 2.75) is 0 Å². The van der Waals surface area contributed by atoms with Gasteiger partial charge in [-0.2, -0.15) is 0 Å². The number of hydrazine groups is 1. The number of nitrogens with two attached hydrogens (primary N) is 1. The SMILES string of the molecule is NNc1cnc(C(=O)Nc2ccc(Cl)cc2Br)cn1. The van der Waals surface area contributed by atoms with E-state index in [1.807, 2.05) is 0 Å². The molecular weight excluding hydrogens is 334 g/mol. The Bertz CT molecular complexity index is 605. The molecule has 0 saturated heterocycles. The number of amides is 1. The van der Waals surface area contributed by atoms with E-state index in [4.69, 9.17) is 17.4 Å². The van der Waals surface area contributed by atoms with Crippen LogP contribution in [0.1, 0.15) is 10.5 Å². The van der Waals surface area contributed by atoms with Crippen LogP contribution in [-0.4, -0.2) is 15.9 Å². The highest BCUT2D eigenvalue weighted by atomic mass is 79.9. The number of anilines is 2. The Morgan fingerprint density at radius 3 is 2.68 bits per heavy atom. The number of nitrogen functional groups attached to an aromatic ring is 1. The van der Waals surface area contributed by atoms with E-state index in [1.54, 1.807) is 18.2 Å². The van der Waals surface area contributed by atoms with Crippen molar-refractivity contribution in [1.82, 2.24) is 9.97 Å². The second-order valence-electron chi connectivity index (χ2n) is 3.51. The summed E-state index contributed by atoms with van der Waals surface area (Å²) in [5.41, 5.74) is 3.11. The molecule has 0 radical (unpaired) electrons. The highest BCUT2D eigenvalue weighted by Gasteiger charge is 2.10. The van der Waals surface area contributed by atoms with Gasteiger partial charge in [0, 0.05) is 9.50 Å². The molecule has 1 aromatic carbocycles. The molecule has 0 fully saturated rings. The molecule has 0 bridgehead atoms. The maximum absolute atomic E-state index is 11.9. The molecule has 4 N–H and O–H groups in total. The Balaban J connectivity index is 2.15. The molecule has 19 heavy (non-hydrogen) atoms. The maximum atomic E-state index is 11.9. The molecule has 8 heteroatoms. The van der Waals surface area contributed by atoms with E-state index in [9.17, 15) is 4.79 Å². The highest BCUT2D eigenvalue weighted by molar-refractivity contribution is 9.10. The largest absolute Gasteiger partial charge is 0.320 e. The average Bonchev–Trinajstić information content (AvgIpc) is 2.42. The van der Waals surface area contributed by atoms with Gasteiger partial charge in [0.25, 0.3) is 5.91 Å². The lowest BCUT2D eigenvalue weighted by Gasteiger charge is -2.07. The summed E-state index contributed by atoms with van der Waals surface area (Å²) in [6.45, 7) is 0. The van der Waals surface area contributed by atoms with E-state index in [-0.39, 0.29) is 11.6 Å². The lowest BCUT2D eigenvalue weighted by molar-refractivity contribution is 0.102. The molecule has 1 heterocycles. The minimum Gasteiger partial charge on any atom is -0.320 e. The molecule has 1 aromatic heterocycles. The smallest absolute Gasteiger partial charge is 0.275 e. The van der Waals surface area contributed by atoms with E-state index in [0.29, 0.717) is 21.0 Å². The van der Waals surface area contributed by atoms with Crippen molar-refractivity contribution in [3.8, 4) is 0 Å². The molecule has 1 amide bonds. The number of hydrogen-bond acceptors (Lipinski definition) is 5. The summed E-state index contributed by atoms with van der Waals surface area (Å²) >= 11 is 9.13. The number of carbonyl (C=O) groups excluding carboxylic acids is 1. The minimum absolute atomic E-state index is 0.181. The van der Waals surface area contributed by atoms with Crippen molar-refractivity contribution in [2.24, 2.45) is 5.84 Å². The molecule has 98 valence electrons. The summed E-state index contributed by atoms with van der Waals surface area (Å²) in [6, 6.07) is 5.05. The number of halogens is 2. The molecule has 6 nitrogen and oxygen atoms in total. The van der Waals surface area contributed by atoms with Gasteiger partial charge in [0.1, 0.15) is 5.69 Å². The van der Waals surface area contributed by atoms with Crippen molar-refractivity contribution >= 4 is 44.9 Å². The predicted octanol–water partition coefficient (Wildman–Crippen LogP) is 2.43. The van der Waals surface area contributed by atoms with E-state index in [1.165, 1.54) is 12.4 Å². The summed E-state index contributed by atoms with van der Waals surface area (Å²) in [6.07, 6.45) is 2.69. The van der Waals surface area contributed by atoms with Gasteiger partial charge in [-0.15, -0.1) is 0 Å². The zero-order valence-corrected chi connectivity index (χ0v) is 11.9. The Kier molecular flexibility index (Phi) is 4.31. The van der Waals surface area contributed by atoms with Crippen molar-refractivity contribution in [1.29, 1.82) is 0 Å². The zero-order valence-electron chi connectivity index (χ0n) is 9.52. The standard InChI is InChI=1S/C11H9BrClN5O/c12-7-3-6(13)1-2-8(7)17-11(19)9-4-16-10(18-14)5-15-9/h1-5H,14H2,(H,16,18)(H,17,19). The van der Waals surface area contributed by atoms with Gasteiger partial charge in [-0.3, -0.25) is 4.79 Å². The number of rotatable bonds is 3. The van der Waals surface area contributed by atoms with E-state index in [2.05, 4.69) is 36.6 Å². The molecule has 0 unspecified atom stereocenters. The lowest BCUT2D eigenvalue weighted by atomic mass is 10.3. The van der Waals surface area contributed by atoms with Gasteiger partial charge in [0.15, 0.2) is 5.82 Å². The third-order valence-electron chi connectivity index (χ3n) is 2.21. The fraction of sp³-hybridized carbons (Fsp3) is 0. The van der Waals surface area contributed by atoms with Crippen LogP contribution in [0.4, 0.5) is 11.5 Å². The van der Waals surface area contributed by atoms with Crippen LogP contribution in [-0.2, 0) is 0 Å². The van der Waals surface area contributed by atoms with Crippen LogP contribution < -0.4 is 16.6 Å². The normalized spacial score (nSPS) is 10.1. The minimum atomic E-state index is -0.376. The van der Waals surface area contributed by atoms with Crippen molar-refractivity contribution in [2.75, 3.05) is 10.7 Å². The van der Waals surface area contributed by atoms with Crippen molar-refractivity contribution in [3.05, 3.63) is 45.8 Å². The summed E-state index contributed by atoms with van der Waals surface area (Å²) in [7, 11) is 0. The van der Waals surface area contributed by atoms with Gasteiger partial charge < -0.3 is 10.7 Å². The molecule has 0 aliphatic rings. The lowest BCUT2D eigenvalue weighted by Crippen LogP contribution is -2.15. The Hall–Kier alpha value is -1.70. The summed E-state index contributed by atoms with van der Waals surface area (Å²) in [5.74, 6) is 5.16. The molecular formula is C11H9BrClN5O. The zero-order chi connectivity index (χ0) is 13.8. The predicted molar refractivity (Wildman–Crippen MR) is 76.9 cm³/mol. The molecule has 2 aromatic rings. The fourth-order valence-corrected chi connectivity index (χ4v) is 2.08. The first-order valence-corrected chi connectivity index (χ1v) is 6.32. The number of nitrogens with one attached hydrogen (secondary N) is 2. The van der Waals surface area contributed by atoms with Crippen LogP contribution in [0, 0.1) is 0 Å². The first-order valence-electron chi connectivity index (χ1n) is 5.15. The summed E-state index contributed by atoms with van der Waals surface area (Å²) in [4.78, 5) is 19.8. The number of benzene rings is 1. The number of carbonyl (C=O) groups is 1. The first-order chi connectivity index (χ1) is 9.10. The van der Waals surface area contributed by atoms with Gasteiger partial charge in [-0.1, -0.05) is 11.6 Å². The van der Waals surface area contributed by atoms with Crippen molar-refractivity contribution in [3.63, 3.8) is 0 Å². The Morgan fingerprint density at radius 1 is 1.32 bits per heavy atom. The van der Waals surface area contributed by atoms with Crippen LogP contribution >= 0.6 is 27.5 Å². The molecule has 0 spiro atoms. The topological polar surface area (TPSA) is 92.9 Å². The van der Waals surface area contributed by atoms with E-state index in [0.717, 1.165) is 0 Å². The van der Waals surface area contributed by atoms with E-state index < -0.39 is 0 Å². The highest BCUT2D eigenvalue weighted by Crippen LogP contribution is 2.26. The quantitative estimate of drug-likeness (QED) is 0.588. The molecule has 0 atom stereocenters. The van der Waals surface area contributed by atoms with Crippen LogP contribution in [0.5, 0.6) is 0 Å². The first kappa shape index (κ1) is 13.7. The fourth-order valence-electron chi connectivity index (χ4n) is 1.30. The van der Waals surface area contributed by atoms with Gasteiger partial charge in [-0.05, 0) is 34.1 Å². The summed E-state index contributed by atoms with van der Waals surface area (Å²) in [5, 5.41) is 3.26. The summed E-state index contributed by atoms with van der Waals surface area (Å²) < 4.78 is 0.682. The van der Waals surface area contributed by atoms with Gasteiger partial charge in [-0.25, -0.2) is 15.8 Å². The van der Waals surface area contributed by atoms with Crippen LogP contribution in [0.15, 0.2) is 35.1 Å². The van der Waals surface area contributed by atoms with Crippen molar-refractivity contribution < 1.29 is 4.79 Å². The average molecular weight is 343 g/mol. The second kappa shape index (κ2) is 5.96. The maximum Gasteiger partial charge on any atom is 0.275 e. The molecule has 0 aliphatic carbocycles. The third-order valence-corrected chi connectivity index (χ3v) is 3.10. The van der Waals surface area contributed by atoms with Gasteiger partial charge >= 0.3 is 0 Å².